The monoisotopic (exact) mass is 315 g/mol. The SMILES string of the molecule is CSC1(CNC(C)c2ccc(OC(F)F)cc2)CCCC1. The lowest BCUT2D eigenvalue weighted by Gasteiger charge is -2.29. The van der Waals surface area contributed by atoms with E-state index in [9.17, 15) is 8.78 Å². The molecule has 1 saturated carbocycles. The summed E-state index contributed by atoms with van der Waals surface area (Å²) in [6.07, 6.45) is 7.37. The zero-order chi connectivity index (χ0) is 15.3. The van der Waals surface area contributed by atoms with Gasteiger partial charge in [0.1, 0.15) is 5.75 Å². The first-order valence-corrected chi connectivity index (χ1v) is 8.60. The van der Waals surface area contributed by atoms with Gasteiger partial charge in [0.15, 0.2) is 0 Å². The number of halogens is 2. The van der Waals surface area contributed by atoms with Crippen LogP contribution < -0.4 is 10.1 Å². The first-order chi connectivity index (χ1) is 10.0. The normalized spacial score (nSPS) is 18.9. The number of nitrogens with one attached hydrogen (secondary N) is 1. The summed E-state index contributed by atoms with van der Waals surface area (Å²) in [5.74, 6) is 0.206. The molecule has 1 aliphatic rings. The Morgan fingerprint density at radius 3 is 2.38 bits per heavy atom. The molecule has 0 heterocycles. The third kappa shape index (κ3) is 4.58. The van der Waals surface area contributed by atoms with E-state index in [1.54, 1.807) is 12.1 Å². The largest absolute Gasteiger partial charge is 0.435 e. The Kier molecular flexibility index (Phi) is 5.88. The zero-order valence-corrected chi connectivity index (χ0v) is 13.4. The lowest BCUT2D eigenvalue weighted by molar-refractivity contribution is -0.0498. The Labute approximate surface area is 129 Å². The van der Waals surface area contributed by atoms with E-state index in [-0.39, 0.29) is 11.8 Å². The highest BCUT2D eigenvalue weighted by molar-refractivity contribution is 8.00. The van der Waals surface area contributed by atoms with Crippen molar-refractivity contribution >= 4 is 11.8 Å². The van der Waals surface area contributed by atoms with Crippen molar-refractivity contribution < 1.29 is 13.5 Å². The molecule has 5 heteroatoms. The molecule has 0 amide bonds. The van der Waals surface area contributed by atoms with E-state index < -0.39 is 6.61 Å². The summed E-state index contributed by atoms with van der Waals surface area (Å²) in [6, 6.07) is 7.08. The molecule has 0 bridgehead atoms. The van der Waals surface area contributed by atoms with E-state index in [1.807, 2.05) is 23.9 Å². The molecule has 1 unspecified atom stereocenters. The highest BCUT2D eigenvalue weighted by Gasteiger charge is 2.32. The summed E-state index contributed by atoms with van der Waals surface area (Å²) < 4.78 is 29.0. The van der Waals surface area contributed by atoms with Crippen LogP contribution in [0, 0.1) is 0 Å². The van der Waals surface area contributed by atoms with Gasteiger partial charge in [0.05, 0.1) is 0 Å². The molecule has 1 aromatic rings. The Bertz CT molecular complexity index is 432. The van der Waals surface area contributed by atoms with Gasteiger partial charge in [-0.25, -0.2) is 0 Å². The van der Waals surface area contributed by atoms with Crippen LogP contribution in [0.5, 0.6) is 5.75 Å². The Balaban J connectivity index is 1.89. The van der Waals surface area contributed by atoms with Crippen molar-refractivity contribution in [2.75, 3.05) is 12.8 Å². The van der Waals surface area contributed by atoms with Crippen molar-refractivity contribution in [2.45, 2.75) is 50.0 Å². The first kappa shape index (κ1) is 16.6. The van der Waals surface area contributed by atoms with Crippen molar-refractivity contribution in [3.05, 3.63) is 29.8 Å². The fourth-order valence-electron chi connectivity index (χ4n) is 2.87. The van der Waals surface area contributed by atoms with Crippen molar-refractivity contribution in [2.24, 2.45) is 0 Å². The van der Waals surface area contributed by atoms with Gasteiger partial charge in [0, 0.05) is 17.3 Å². The molecule has 0 radical (unpaired) electrons. The number of alkyl halides is 2. The van der Waals surface area contributed by atoms with Gasteiger partial charge < -0.3 is 10.1 Å². The predicted molar refractivity (Wildman–Crippen MR) is 84.2 cm³/mol. The zero-order valence-electron chi connectivity index (χ0n) is 12.6. The summed E-state index contributed by atoms with van der Waals surface area (Å²) in [6.45, 7) is 0.325. The predicted octanol–water partition coefficient (Wildman–Crippen LogP) is 4.61. The number of ether oxygens (including phenoxy) is 1. The minimum absolute atomic E-state index is 0.204. The second-order valence-corrected chi connectivity index (χ2v) is 6.92. The molecular weight excluding hydrogens is 292 g/mol. The molecule has 2 rings (SSSR count). The van der Waals surface area contributed by atoms with Crippen LogP contribution in [-0.4, -0.2) is 24.2 Å². The molecule has 1 fully saturated rings. The van der Waals surface area contributed by atoms with E-state index >= 15 is 0 Å². The number of thioether (sulfide) groups is 1. The third-order valence-electron chi connectivity index (χ3n) is 4.28. The fraction of sp³-hybridized carbons (Fsp3) is 0.625. The van der Waals surface area contributed by atoms with Crippen LogP contribution in [0.3, 0.4) is 0 Å². The molecule has 0 saturated heterocycles. The molecule has 0 aliphatic heterocycles. The molecule has 1 aromatic carbocycles. The topological polar surface area (TPSA) is 21.3 Å². The standard InChI is InChI=1S/C16H23F2NOS/c1-12(19-11-16(21-2)9-3-4-10-16)13-5-7-14(8-6-13)20-15(17)18/h5-8,12,15,19H,3-4,9-11H2,1-2H3. The number of hydrogen-bond acceptors (Lipinski definition) is 3. The minimum Gasteiger partial charge on any atom is -0.435 e. The maximum atomic E-state index is 12.1. The average Bonchev–Trinajstić information content (AvgIpc) is 2.94. The highest BCUT2D eigenvalue weighted by atomic mass is 32.2. The molecule has 118 valence electrons. The maximum Gasteiger partial charge on any atom is 0.387 e. The summed E-state index contributed by atoms with van der Waals surface area (Å²) in [4.78, 5) is 0. The lowest BCUT2D eigenvalue weighted by Crippen LogP contribution is -2.36. The van der Waals surface area contributed by atoms with E-state index in [0.29, 0.717) is 4.75 Å². The van der Waals surface area contributed by atoms with Crippen LogP contribution >= 0.6 is 11.8 Å². The van der Waals surface area contributed by atoms with Gasteiger partial charge in [-0.15, -0.1) is 0 Å². The first-order valence-electron chi connectivity index (χ1n) is 7.38. The van der Waals surface area contributed by atoms with Gasteiger partial charge in [0.2, 0.25) is 0 Å². The molecule has 21 heavy (non-hydrogen) atoms. The second-order valence-electron chi connectivity index (χ2n) is 5.64. The quantitative estimate of drug-likeness (QED) is 0.793. The lowest BCUT2D eigenvalue weighted by atomic mass is 10.0. The summed E-state index contributed by atoms with van der Waals surface area (Å²) in [5, 5.41) is 3.58. The van der Waals surface area contributed by atoms with E-state index in [0.717, 1.165) is 12.1 Å². The van der Waals surface area contributed by atoms with Crippen LogP contribution in [-0.2, 0) is 0 Å². The van der Waals surface area contributed by atoms with Gasteiger partial charge in [-0.2, -0.15) is 20.5 Å². The molecule has 2 nitrogen and oxygen atoms in total. The Morgan fingerprint density at radius 1 is 1.24 bits per heavy atom. The fourth-order valence-corrected chi connectivity index (χ4v) is 3.79. The number of hydrogen-bond donors (Lipinski definition) is 1. The third-order valence-corrected chi connectivity index (χ3v) is 5.70. The maximum absolute atomic E-state index is 12.1. The van der Waals surface area contributed by atoms with Crippen molar-refractivity contribution in [1.82, 2.24) is 5.32 Å². The summed E-state index contributed by atoms with van der Waals surface area (Å²) in [5.41, 5.74) is 1.09. The van der Waals surface area contributed by atoms with Gasteiger partial charge in [0.25, 0.3) is 0 Å². The Hall–Kier alpha value is -0.810. The molecule has 0 aromatic heterocycles. The highest BCUT2D eigenvalue weighted by Crippen LogP contribution is 2.40. The van der Waals surface area contributed by atoms with Crippen LogP contribution in [0.2, 0.25) is 0 Å². The van der Waals surface area contributed by atoms with Crippen LogP contribution in [0.25, 0.3) is 0 Å². The smallest absolute Gasteiger partial charge is 0.387 e. The molecule has 0 spiro atoms. The van der Waals surface area contributed by atoms with Crippen LogP contribution in [0.15, 0.2) is 24.3 Å². The molecule has 1 aliphatic carbocycles. The van der Waals surface area contributed by atoms with Gasteiger partial charge >= 0.3 is 6.61 Å². The summed E-state index contributed by atoms with van der Waals surface area (Å²) in [7, 11) is 0. The van der Waals surface area contributed by atoms with Gasteiger partial charge in [-0.3, -0.25) is 0 Å². The van der Waals surface area contributed by atoms with Crippen molar-refractivity contribution in [1.29, 1.82) is 0 Å². The Morgan fingerprint density at radius 2 is 1.86 bits per heavy atom. The van der Waals surface area contributed by atoms with Gasteiger partial charge in [-0.05, 0) is 43.7 Å². The van der Waals surface area contributed by atoms with E-state index in [1.165, 1.54) is 25.7 Å². The summed E-state index contributed by atoms with van der Waals surface area (Å²) >= 11 is 1.96. The van der Waals surface area contributed by atoms with Crippen molar-refractivity contribution in [3.8, 4) is 5.75 Å². The average molecular weight is 315 g/mol. The molecule has 1 atom stereocenters. The number of rotatable bonds is 7. The van der Waals surface area contributed by atoms with Gasteiger partial charge in [-0.1, -0.05) is 25.0 Å². The van der Waals surface area contributed by atoms with E-state index in [4.69, 9.17) is 0 Å². The number of benzene rings is 1. The van der Waals surface area contributed by atoms with E-state index in [2.05, 4.69) is 23.2 Å². The molecule has 1 N–H and O–H groups in total. The van der Waals surface area contributed by atoms with Crippen molar-refractivity contribution in [3.63, 3.8) is 0 Å². The van der Waals surface area contributed by atoms with Crippen LogP contribution in [0.1, 0.15) is 44.2 Å². The van der Waals surface area contributed by atoms with Crippen LogP contribution in [0.4, 0.5) is 8.78 Å². The minimum atomic E-state index is -2.77. The molecular formula is C16H23F2NOS. The second kappa shape index (κ2) is 7.45.